The molecule has 0 saturated heterocycles. The van der Waals surface area contributed by atoms with E-state index in [0.717, 1.165) is 24.7 Å². The first-order valence-electron chi connectivity index (χ1n) is 16.1. The summed E-state index contributed by atoms with van der Waals surface area (Å²) >= 11 is 0. The smallest absolute Gasteiger partial charge is 0.0157 e. The molecule has 212 valence electrons. The van der Waals surface area contributed by atoms with Crippen molar-refractivity contribution in [3.05, 3.63) is 77.9 Å². The van der Waals surface area contributed by atoms with Gasteiger partial charge in [0.25, 0.3) is 0 Å². The van der Waals surface area contributed by atoms with E-state index in [2.05, 4.69) is 91.1 Å². The molecule has 0 spiro atoms. The van der Waals surface area contributed by atoms with Gasteiger partial charge in [0.15, 0.2) is 0 Å². The number of hydrogen-bond donors (Lipinski definition) is 0. The topological polar surface area (TPSA) is 0 Å². The monoisotopic (exact) mass is 516 g/mol. The van der Waals surface area contributed by atoms with Crippen molar-refractivity contribution >= 4 is 5.57 Å². The summed E-state index contributed by atoms with van der Waals surface area (Å²) in [4.78, 5) is 0. The van der Waals surface area contributed by atoms with Gasteiger partial charge in [-0.2, -0.15) is 0 Å². The molecule has 0 amide bonds. The summed E-state index contributed by atoms with van der Waals surface area (Å²) < 4.78 is 0. The average Bonchev–Trinajstić information content (AvgIpc) is 2.89. The van der Waals surface area contributed by atoms with Crippen LogP contribution in [0.15, 0.2) is 61.2 Å². The molecule has 0 N–H and O–H groups in total. The SMILES string of the molecule is C=C/C=C\C(=C/C)C1CC(CCC)CC(CCC)(CCCC(=C)c2ccc(CCCC(C)C)c(CC)c2)C1. The van der Waals surface area contributed by atoms with Gasteiger partial charge in [-0.05, 0) is 122 Å². The lowest BCUT2D eigenvalue weighted by Gasteiger charge is -2.46. The maximum Gasteiger partial charge on any atom is -0.0157 e. The first-order chi connectivity index (χ1) is 18.3. The number of hydrogen-bond acceptors (Lipinski definition) is 0. The van der Waals surface area contributed by atoms with E-state index in [1.807, 2.05) is 6.08 Å². The Bertz CT molecular complexity index is 910. The molecule has 38 heavy (non-hydrogen) atoms. The van der Waals surface area contributed by atoms with Gasteiger partial charge in [0.05, 0.1) is 0 Å². The highest BCUT2D eigenvalue weighted by Crippen LogP contribution is 2.52. The zero-order valence-electron chi connectivity index (χ0n) is 26.1. The van der Waals surface area contributed by atoms with Crippen LogP contribution in [0.5, 0.6) is 0 Å². The lowest BCUT2D eigenvalue weighted by Crippen LogP contribution is -2.34. The molecule has 1 saturated carbocycles. The highest BCUT2D eigenvalue weighted by atomic mass is 14.4. The molecule has 0 heterocycles. The Morgan fingerprint density at radius 3 is 2.47 bits per heavy atom. The number of aryl methyl sites for hydroxylation is 2. The summed E-state index contributed by atoms with van der Waals surface area (Å²) in [5.41, 5.74) is 7.78. The third kappa shape index (κ3) is 10.1. The average molecular weight is 517 g/mol. The molecule has 0 nitrogen and oxygen atoms in total. The standard InChI is InChI=1S/C38H60/c1-9-14-20-33(12-4)37-26-32(17-10-2)28-38(29-37,24-11-3)25-16-19-31(8)36-23-22-35(34(13-5)27-36)21-15-18-30(6)7/h9,12,14,20,22-23,27,30,32,37H,1,8,10-11,13,15-19,21,24-26,28-29H2,2-7H3/b20-14-,33-12+. The Labute approximate surface area is 237 Å². The summed E-state index contributed by atoms with van der Waals surface area (Å²) in [5, 5.41) is 0. The zero-order chi connectivity index (χ0) is 28.0. The van der Waals surface area contributed by atoms with E-state index in [1.165, 1.54) is 99.3 Å². The van der Waals surface area contributed by atoms with Gasteiger partial charge in [-0.3, -0.25) is 0 Å². The number of rotatable bonds is 17. The van der Waals surface area contributed by atoms with E-state index in [1.54, 1.807) is 5.56 Å². The molecule has 1 aromatic rings. The van der Waals surface area contributed by atoms with Crippen molar-refractivity contribution in [3.8, 4) is 0 Å². The lowest BCUT2D eigenvalue weighted by atomic mass is 9.59. The summed E-state index contributed by atoms with van der Waals surface area (Å²) in [6.45, 7) is 22.4. The Morgan fingerprint density at radius 2 is 1.84 bits per heavy atom. The fourth-order valence-electron chi connectivity index (χ4n) is 7.32. The van der Waals surface area contributed by atoms with Crippen LogP contribution in [0.2, 0.25) is 0 Å². The van der Waals surface area contributed by atoms with Gasteiger partial charge in [-0.15, -0.1) is 0 Å². The van der Waals surface area contributed by atoms with Crippen molar-refractivity contribution in [1.29, 1.82) is 0 Å². The Morgan fingerprint density at radius 1 is 1.05 bits per heavy atom. The molecule has 3 atom stereocenters. The first kappa shape index (κ1) is 32.4. The van der Waals surface area contributed by atoms with Gasteiger partial charge in [0.2, 0.25) is 0 Å². The van der Waals surface area contributed by atoms with Crippen molar-refractivity contribution in [2.45, 2.75) is 131 Å². The second-order valence-electron chi connectivity index (χ2n) is 12.7. The maximum atomic E-state index is 4.57. The second kappa shape index (κ2) is 17.0. The molecule has 1 fully saturated rings. The van der Waals surface area contributed by atoms with Gasteiger partial charge in [-0.25, -0.2) is 0 Å². The van der Waals surface area contributed by atoms with Crippen LogP contribution in [-0.2, 0) is 12.8 Å². The largest absolute Gasteiger partial charge is 0.0991 e. The van der Waals surface area contributed by atoms with Crippen LogP contribution in [0, 0.1) is 23.2 Å². The normalized spacial score (nSPS) is 22.3. The fraction of sp³-hybridized carbons (Fsp3) is 0.632. The third-order valence-electron chi connectivity index (χ3n) is 9.13. The molecule has 2 rings (SSSR count). The van der Waals surface area contributed by atoms with Crippen LogP contribution in [0.3, 0.4) is 0 Å². The predicted molar refractivity (Wildman–Crippen MR) is 173 cm³/mol. The Balaban J connectivity index is 2.11. The summed E-state index contributed by atoms with van der Waals surface area (Å²) in [6.07, 6.45) is 26.8. The van der Waals surface area contributed by atoms with E-state index < -0.39 is 0 Å². The van der Waals surface area contributed by atoms with Crippen molar-refractivity contribution < 1.29 is 0 Å². The highest BCUT2D eigenvalue weighted by Gasteiger charge is 2.39. The fourth-order valence-corrected chi connectivity index (χ4v) is 7.32. The minimum Gasteiger partial charge on any atom is -0.0991 e. The van der Waals surface area contributed by atoms with E-state index in [9.17, 15) is 0 Å². The molecule has 1 aliphatic rings. The quantitative estimate of drug-likeness (QED) is 0.181. The molecule has 1 aromatic carbocycles. The number of benzene rings is 1. The van der Waals surface area contributed by atoms with Gasteiger partial charge >= 0.3 is 0 Å². The third-order valence-corrected chi connectivity index (χ3v) is 9.13. The van der Waals surface area contributed by atoms with E-state index in [0.29, 0.717) is 11.3 Å². The van der Waals surface area contributed by atoms with E-state index in [-0.39, 0.29) is 0 Å². The maximum absolute atomic E-state index is 4.57. The summed E-state index contributed by atoms with van der Waals surface area (Å²) in [5.74, 6) is 2.34. The predicted octanol–water partition coefficient (Wildman–Crippen LogP) is 12.1. The molecule has 0 aliphatic heterocycles. The summed E-state index contributed by atoms with van der Waals surface area (Å²) in [7, 11) is 0. The Hall–Kier alpha value is -1.82. The van der Waals surface area contributed by atoms with Crippen LogP contribution in [-0.4, -0.2) is 0 Å². The van der Waals surface area contributed by atoms with Gasteiger partial charge in [0.1, 0.15) is 0 Å². The van der Waals surface area contributed by atoms with Crippen LogP contribution in [0.4, 0.5) is 0 Å². The molecular formula is C38H60. The summed E-state index contributed by atoms with van der Waals surface area (Å²) in [6, 6.07) is 7.20. The van der Waals surface area contributed by atoms with E-state index in [4.69, 9.17) is 0 Å². The molecule has 0 bridgehead atoms. The minimum atomic E-state index is 0.475. The van der Waals surface area contributed by atoms with Gasteiger partial charge in [0, 0.05) is 0 Å². The molecular weight excluding hydrogens is 456 g/mol. The van der Waals surface area contributed by atoms with Crippen LogP contribution < -0.4 is 0 Å². The Kier molecular flexibility index (Phi) is 14.5. The van der Waals surface area contributed by atoms with Gasteiger partial charge < -0.3 is 0 Å². The molecule has 0 heteroatoms. The lowest BCUT2D eigenvalue weighted by molar-refractivity contribution is 0.0776. The molecule has 0 aromatic heterocycles. The van der Waals surface area contributed by atoms with Crippen molar-refractivity contribution in [2.75, 3.05) is 0 Å². The van der Waals surface area contributed by atoms with Crippen LogP contribution in [0.1, 0.15) is 135 Å². The zero-order valence-corrected chi connectivity index (χ0v) is 26.1. The molecule has 0 radical (unpaired) electrons. The first-order valence-corrected chi connectivity index (χ1v) is 16.1. The van der Waals surface area contributed by atoms with Crippen molar-refractivity contribution in [1.82, 2.24) is 0 Å². The molecule has 1 aliphatic carbocycles. The highest BCUT2D eigenvalue weighted by molar-refractivity contribution is 5.64. The second-order valence-corrected chi connectivity index (χ2v) is 12.7. The van der Waals surface area contributed by atoms with Gasteiger partial charge in [-0.1, -0.05) is 116 Å². The van der Waals surface area contributed by atoms with Crippen molar-refractivity contribution in [3.63, 3.8) is 0 Å². The van der Waals surface area contributed by atoms with E-state index >= 15 is 0 Å². The van der Waals surface area contributed by atoms with Crippen molar-refractivity contribution in [2.24, 2.45) is 23.2 Å². The number of allylic oxidation sites excluding steroid dienone is 6. The van der Waals surface area contributed by atoms with Crippen LogP contribution >= 0.6 is 0 Å². The van der Waals surface area contributed by atoms with Crippen LogP contribution in [0.25, 0.3) is 5.57 Å². The minimum absolute atomic E-state index is 0.475. The molecule has 3 unspecified atom stereocenters.